The number of carboxylic acids is 1. The van der Waals surface area contributed by atoms with Gasteiger partial charge in [-0.2, -0.15) is 4.98 Å². The number of nitrogens with zero attached hydrogens (tertiary/aromatic N) is 2. The third-order valence-electron chi connectivity index (χ3n) is 5.25. The first-order chi connectivity index (χ1) is 16.6. The van der Waals surface area contributed by atoms with E-state index in [9.17, 15) is 14.7 Å². The Labute approximate surface area is 199 Å². The van der Waals surface area contributed by atoms with Crippen LogP contribution >= 0.6 is 11.8 Å². The van der Waals surface area contributed by atoms with Gasteiger partial charge in [-0.1, -0.05) is 72.4 Å². The zero-order chi connectivity index (χ0) is 23.5. The highest BCUT2D eigenvalue weighted by atomic mass is 32.2. The third kappa shape index (κ3) is 4.62. The number of carbonyl (C=O) groups excluding carboxylic acids is 2. The molecule has 1 N–H and O–H groups in total. The van der Waals surface area contributed by atoms with Gasteiger partial charge in [0.1, 0.15) is 10.8 Å². The Morgan fingerprint density at radius 3 is 2.44 bits per heavy atom. The average Bonchev–Trinajstić information content (AvgIpc) is 2.86. The molecule has 0 aliphatic carbocycles. The Kier molecular flexibility index (Phi) is 5.97. The summed E-state index contributed by atoms with van der Waals surface area (Å²) in [6.45, 7) is 0. The summed E-state index contributed by atoms with van der Waals surface area (Å²) >= 11 is 1.31. The number of amides is 1. The molecule has 1 aliphatic rings. The van der Waals surface area contributed by atoms with Crippen LogP contribution in [0.2, 0.25) is 0 Å². The molecule has 0 fully saturated rings. The van der Waals surface area contributed by atoms with Crippen LogP contribution in [-0.4, -0.2) is 27.6 Å². The van der Waals surface area contributed by atoms with Crippen molar-refractivity contribution in [2.75, 3.05) is 11.1 Å². The van der Waals surface area contributed by atoms with Gasteiger partial charge in [0, 0.05) is 17.7 Å². The summed E-state index contributed by atoms with van der Waals surface area (Å²) in [5, 5.41) is 14.3. The Morgan fingerprint density at radius 1 is 0.941 bits per heavy atom. The molecule has 1 aromatic heterocycles. The van der Waals surface area contributed by atoms with Gasteiger partial charge in [-0.3, -0.25) is 4.79 Å². The van der Waals surface area contributed by atoms with Gasteiger partial charge in [-0.25, -0.2) is 4.98 Å². The molecule has 7 nitrogen and oxygen atoms in total. The summed E-state index contributed by atoms with van der Waals surface area (Å²) in [6.07, 6.45) is 0.606. The quantitative estimate of drug-likeness (QED) is 0.297. The van der Waals surface area contributed by atoms with Crippen molar-refractivity contribution in [3.63, 3.8) is 0 Å². The predicted molar refractivity (Wildman–Crippen MR) is 127 cm³/mol. The van der Waals surface area contributed by atoms with Gasteiger partial charge >= 0.3 is 0 Å². The monoisotopic (exact) mass is 468 g/mol. The van der Waals surface area contributed by atoms with E-state index >= 15 is 0 Å². The van der Waals surface area contributed by atoms with Crippen molar-refractivity contribution in [1.29, 1.82) is 0 Å². The fraction of sp³-hybridized carbons (Fsp3) is 0.0769. The van der Waals surface area contributed by atoms with E-state index in [4.69, 9.17) is 9.72 Å². The molecule has 0 unspecified atom stereocenters. The van der Waals surface area contributed by atoms with Crippen LogP contribution < -0.4 is 15.2 Å². The van der Waals surface area contributed by atoms with Crippen molar-refractivity contribution >= 4 is 29.3 Å². The molecule has 1 amide bonds. The smallest absolute Gasteiger partial charge is 0.234 e. The SMILES string of the molecule is O=C(CSc1nc(-c2ccccc2)nc2c1Cc1ccccc1O2)Nc1ccc(C(=O)[O-])cc1. The second kappa shape index (κ2) is 9.36. The maximum absolute atomic E-state index is 12.6. The van der Waals surface area contributed by atoms with Gasteiger partial charge in [0.2, 0.25) is 11.8 Å². The van der Waals surface area contributed by atoms with E-state index in [0.29, 0.717) is 28.8 Å². The molecule has 3 aromatic carbocycles. The maximum Gasteiger partial charge on any atom is 0.234 e. The van der Waals surface area contributed by atoms with E-state index in [-0.39, 0.29) is 17.2 Å². The number of carbonyl (C=O) groups is 2. The molecule has 34 heavy (non-hydrogen) atoms. The van der Waals surface area contributed by atoms with Crippen LogP contribution in [-0.2, 0) is 11.2 Å². The molecule has 1 aliphatic heterocycles. The minimum Gasteiger partial charge on any atom is -0.545 e. The summed E-state index contributed by atoms with van der Waals surface area (Å²) in [7, 11) is 0. The van der Waals surface area contributed by atoms with Crippen LogP contribution in [0.3, 0.4) is 0 Å². The van der Waals surface area contributed by atoms with Crippen molar-refractivity contribution in [2.45, 2.75) is 11.4 Å². The van der Waals surface area contributed by atoms with Crippen molar-refractivity contribution in [3.8, 4) is 23.0 Å². The number of ether oxygens (including phenoxy) is 1. The lowest BCUT2D eigenvalue weighted by atomic mass is 10.0. The number of fused-ring (bicyclic) bond motifs is 2. The molecule has 0 spiro atoms. The maximum atomic E-state index is 12.6. The lowest BCUT2D eigenvalue weighted by molar-refractivity contribution is -0.255. The number of anilines is 1. The van der Waals surface area contributed by atoms with Gasteiger partial charge in [0.05, 0.1) is 17.3 Å². The molecule has 0 saturated carbocycles. The summed E-state index contributed by atoms with van der Waals surface area (Å²) in [4.78, 5) is 32.9. The number of rotatable bonds is 6. The molecule has 0 atom stereocenters. The predicted octanol–water partition coefficient (Wildman–Crippen LogP) is 3.93. The number of benzene rings is 3. The van der Waals surface area contributed by atoms with Crippen molar-refractivity contribution in [2.24, 2.45) is 0 Å². The molecule has 2 heterocycles. The zero-order valence-electron chi connectivity index (χ0n) is 17.9. The van der Waals surface area contributed by atoms with E-state index in [1.165, 1.54) is 36.0 Å². The van der Waals surface area contributed by atoms with Crippen molar-refractivity contribution < 1.29 is 19.4 Å². The first-order valence-corrected chi connectivity index (χ1v) is 11.5. The van der Waals surface area contributed by atoms with Crippen LogP contribution in [0.15, 0.2) is 83.9 Å². The van der Waals surface area contributed by atoms with Crippen molar-refractivity contribution in [3.05, 3.63) is 95.6 Å². The number of nitrogens with one attached hydrogen (secondary N) is 1. The van der Waals surface area contributed by atoms with E-state index in [1.807, 2.05) is 54.6 Å². The van der Waals surface area contributed by atoms with E-state index in [2.05, 4.69) is 10.3 Å². The van der Waals surface area contributed by atoms with Crippen molar-refractivity contribution in [1.82, 2.24) is 9.97 Å². The highest BCUT2D eigenvalue weighted by Crippen LogP contribution is 2.40. The number of hydrogen-bond acceptors (Lipinski definition) is 7. The Morgan fingerprint density at radius 2 is 1.68 bits per heavy atom. The number of thioether (sulfide) groups is 1. The van der Waals surface area contributed by atoms with Crippen LogP contribution in [0.4, 0.5) is 5.69 Å². The fourth-order valence-corrected chi connectivity index (χ4v) is 4.40. The van der Waals surface area contributed by atoms with Crippen LogP contribution in [0.5, 0.6) is 11.6 Å². The van der Waals surface area contributed by atoms with Crippen LogP contribution in [0, 0.1) is 0 Å². The molecular formula is C26H18N3O4S-. The summed E-state index contributed by atoms with van der Waals surface area (Å²) in [5.41, 5.74) is 3.28. The lowest BCUT2D eigenvalue weighted by Gasteiger charge is -2.21. The standard InChI is InChI=1S/C26H19N3O4S/c30-22(27-19-12-10-17(11-13-19)26(31)32)15-34-25-20-14-18-8-4-5-9-21(18)33-24(20)28-23(29-25)16-6-2-1-3-7-16/h1-13H,14-15H2,(H,27,30)(H,31,32)/p-1. The molecular weight excluding hydrogens is 450 g/mol. The highest BCUT2D eigenvalue weighted by Gasteiger charge is 2.24. The average molecular weight is 469 g/mol. The number of carboxylic acid groups (broad SMARTS) is 1. The first-order valence-electron chi connectivity index (χ1n) is 10.5. The highest BCUT2D eigenvalue weighted by molar-refractivity contribution is 8.00. The summed E-state index contributed by atoms with van der Waals surface area (Å²) in [6, 6.07) is 23.2. The number of aromatic carboxylic acids is 1. The molecule has 0 bridgehead atoms. The number of aromatic nitrogens is 2. The van der Waals surface area contributed by atoms with Gasteiger partial charge in [-0.05, 0) is 29.3 Å². The summed E-state index contributed by atoms with van der Waals surface area (Å²) in [5.74, 6) is 0.396. The lowest BCUT2D eigenvalue weighted by Crippen LogP contribution is -2.22. The molecule has 0 radical (unpaired) electrons. The van der Waals surface area contributed by atoms with E-state index in [0.717, 1.165) is 22.4 Å². The van der Waals surface area contributed by atoms with E-state index in [1.54, 1.807) is 0 Å². The van der Waals surface area contributed by atoms with Crippen LogP contribution in [0.25, 0.3) is 11.4 Å². The molecule has 5 rings (SSSR count). The Hall–Kier alpha value is -4.17. The first kappa shape index (κ1) is 21.7. The molecule has 4 aromatic rings. The van der Waals surface area contributed by atoms with Gasteiger partial charge in [-0.15, -0.1) is 0 Å². The minimum atomic E-state index is -1.26. The van der Waals surface area contributed by atoms with Gasteiger partial charge in [0.25, 0.3) is 0 Å². The van der Waals surface area contributed by atoms with Crippen LogP contribution in [0.1, 0.15) is 21.5 Å². The van der Waals surface area contributed by atoms with Gasteiger partial charge < -0.3 is 20.0 Å². The largest absolute Gasteiger partial charge is 0.545 e. The van der Waals surface area contributed by atoms with Gasteiger partial charge in [0.15, 0.2) is 5.82 Å². The van der Waals surface area contributed by atoms with E-state index < -0.39 is 5.97 Å². The minimum absolute atomic E-state index is 0.0497. The number of hydrogen-bond donors (Lipinski definition) is 1. The molecule has 0 saturated heterocycles. The Bertz CT molecular complexity index is 1370. The number of para-hydroxylation sites is 1. The molecule has 168 valence electrons. The fourth-order valence-electron chi connectivity index (χ4n) is 3.58. The normalized spacial score (nSPS) is 11.6. The Balaban J connectivity index is 1.39. The second-order valence-electron chi connectivity index (χ2n) is 7.59. The topological polar surface area (TPSA) is 104 Å². The second-order valence-corrected chi connectivity index (χ2v) is 8.55. The molecule has 8 heteroatoms. The zero-order valence-corrected chi connectivity index (χ0v) is 18.7. The third-order valence-corrected chi connectivity index (χ3v) is 6.27. The summed E-state index contributed by atoms with van der Waals surface area (Å²) < 4.78 is 6.10.